The van der Waals surface area contributed by atoms with Gasteiger partial charge < -0.3 is 4.79 Å². The molecule has 60 valence electrons. The zero-order chi connectivity index (χ0) is 7.94. The van der Waals surface area contributed by atoms with Crippen molar-refractivity contribution in [1.82, 2.24) is 15.4 Å². The van der Waals surface area contributed by atoms with E-state index in [0.717, 1.165) is 31.2 Å². The summed E-state index contributed by atoms with van der Waals surface area (Å²) in [5, 5.41) is 10.1. The van der Waals surface area contributed by atoms with Gasteiger partial charge in [-0.1, -0.05) is 0 Å². The van der Waals surface area contributed by atoms with Crippen LogP contribution in [0.5, 0.6) is 0 Å². The van der Waals surface area contributed by atoms with Gasteiger partial charge in [0.05, 0.1) is 11.9 Å². The highest BCUT2D eigenvalue weighted by molar-refractivity contribution is 5.48. The van der Waals surface area contributed by atoms with E-state index in [2.05, 4.69) is 15.4 Å². The van der Waals surface area contributed by atoms with E-state index in [1.807, 2.05) is 0 Å². The molecular weight excluding hydrogens is 142 g/mol. The lowest BCUT2D eigenvalue weighted by atomic mass is 10.2. The standard InChI is InChI=1S/C7H11N3O/c11-5-3-1-2-4-7-6-8-10-9-7/h5-6H,1-4H2,(H,8,9,10). The minimum absolute atomic E-state index is 0.651. The molecule has 0 fully saturated rings. The number of aromatic nitrogens is 3. The van der Waals surface area contributed by atoms with E-state index in [1.165, 1.54) is 0 Å². The van der Waals surface area contributed by atoms with Gasteiger partial charge in [0.15, 0.2) is 0 Å². The predicted octanol–water partition coefficient (Wildman–Crippen LogP) is 0.716. The molecule has 0 spiro atoms. The first-order valence-corrected chi connectivity index (χ1v) is 3.72. The molecule has 11 heavy (non-hydrogen) atoms. The van der Waals surface area contributed by atoms with Crippen molar-refractivity contribution in [2.75, 3.05) is 0 Å². The maximum absolute atomic E-state index is 9.93. The van der Waals surface area contributed by atoms with Gasteiger partial charge in [0, 0.05) is 6.42 Å². The van der Waals surface area contributed by atoms with E-state index in [9.17, 15) is 4.79 Å². The molecule has 0 aliphatic rings. The molecule has 1 heterocycles. The van der Waals surface area contributed by atoms with E-state index in [4.69, 9.17) is 0 Å². The monoisotopic (exact) mass is 153 g/mol. The minimum Gasteiger partial charge on any atom is -0.303 e. The Morgan fingerprint density at radius 1 is 1.55 bits per heavy atom. The van der Waals surface area contributed by atoms with Gasteiger partial charge in [-0.05, 0) is 19.3 Å². The molecule has 0 radical (unpaired) electrons. The van der Waals surface area contributed by atoms with Crippen molar-refractivity contribution >= 4 is 6.29 Å². The van der Waals surface area contributed by atoms with Crippen molar-refractivity contribution in [2.45, 2.75) is 25.7 Å². The van der Waals surface area contributed by atoms with Crippen molar-refractivity contribution in [3.8, 4) is 0 Å². The van der Waals surface area contributed by atoms with Crippen LogP contribution in [0.1, 0.15) is 25.0 Å². The van der Waals surface area contributed by atoms with Gasteiger partial charge in [-0.2, -0.15) is 15.4 Å². The summed E-state index contributed by atoms with van der Waals surface area (Å²) in [6, 6.07) is 0. The molecule has 1 aromatic rings. The number of unbranched alkanes of at least 4 members (excludes halogenated alkanes) is 2. The van der Waals surface area contributed by atoms with E-state index >= 15 is 0 Å². The number of hydrogen-bond donors (Lipinski definition) is 1. The summed E-state index contributed by atoms with van der Waals surface area (Å²) in [6.45, 7) is 0. The summed E-state index contributed by atoms with van der Waals surface area (Å²) < 4.78 is 0. The summed E-state index contributed by atoms with van der Waals surface area (Å²) in [7, 11) is 0. The first kappa shape index (κ1) is 7.91. The largest absolute Gasteiger partial charge is 0.303 e. The molecule has 0 aliphatic heterocycles. The van der Waals surface area contributed by atoms with Crippen LogP contribution in [-0.2, 0) is 11.2 Å². The lowest BCUT2D eigenvalue weighted by molar-refractivity contribution is -0.107. The van der Waals surface area contributed by atoms with Gasteiger partial charge in [-0.25, -0.2) is 0 Å². The Labute approximate surface area is 65.0 Å². The highest BCUT2D eigenvalue weighted by atomic mass is 16.1. The zero-order valence-corrected chi connectivity index (χ0v) is 6.29. The van der Waals surface area contributed by atoms with E-state index in [0.29, 0.717) is 6.42 Å². The molecule has 0 unspecified atom stereocenters. The fourth-order valence-corrected chi connectivity index (χ4v) is 0.880. The second-order valence-corrected chi connectivity index (χ2v) is 2.37. The molecule has 0 bridgehead atoms. The fourth-order valence-electron chi connectivity index (χ4n) is 0.880. The molecule has 0 aromatic carbocycles. The minimum atomic E-state index is 0.651. The van der Waals surface area contributed by atoms with Crippen molar-refractivity contribution in [3.05, 3.63) is 11.9 Å². The molecule has 4 nitrogen and oxygen atoms in total. The lowest BCUT2D eigenvalue weighted by Gasteiger charge is -1.91. The Morgan fingerprint density at radius 2 is 2.45 bits per heavy atom. The van der Waals surface area contributed by atoms with Gasteiger partial charge in [-0.15, -0.1) is 0 Å². The number of carbonyl (C=O) groups is 1. The van der Waals surface area contributed by atoms with Crippen LogP contribution in [-0.4, -0.2) is 21.7 Å². The van der Waals surface area contributed by atoms with Crippen LogP contribution in [0, 0.1) is 0 Å². The molecular formula is C7H11N3O. The molecule has 0 atom stereocenters. The van der Waals surface area contributed by atoms with Crippen molar-refractivity contribution < 1.29 is 4.79 Å². The second kappa shape index (κ2) is 4.60. The van der Waals surface area contributed by atoms with E-state index < -0.39 is 0 Å². The third-order valence-corrected chi connectivity index (χ3v) is 1.47. The molecule has 1 rings (SSSR count). The average Bonchev–Trinajstić information content (AvgIpc) is 2.50. The topological polar surface area (TPSA) is 58.6 Å². The van der Waals surface area contributed by atoms with Crippen molar-refractivity contribution in [3.63, 3.8) is 0 Å². The smallest absolute Gasteiger partial charge is 0.119 e. The molecule has 0 saturated carbocycles. The number of aryl methyl sites for hydroxylation is 1. The van der Waals surface area contributed by atoms with E-state index in [-0.39, 0.29) is 0 Å². The number of nitrogens with zero attached hydrogens (tertiary/aromatic N) is 2. The summed E-state index contributed by atoms with van der Waals surface area (Å²) >= 11 is 0. The first-order valence-electron chi connectivity index (χ1n) is 3.72. The fraction of sp³-hybridized carbons (Fsp3) is 0.571. The summed E-state index contributed by atoms with van der Waals surface area (Å²) in [5.41, 5.74) is 0.968. The maximum Gasteiger partial charge on any atom is 0.119 e. The Balaban J connectivity index is 2.09. The number of rotatable bonds is 5. The van der Waals surface area contributed by atoms with Crippen molar-refractivity contribution in [1.29, 1.82) is 0 Å². The van der Waals surface area contributed by atoms with Gasteiger partial charge in [0.25, 0.3) is 0 Å². The SMILES string of the molecule is O=CCCCCc1cn[nH]n1. The van der Waals surface area contributed by atoms with Crippen LogP contribution in [0.3, 0.4) is 0 Å². The van der Waals surface area contributed by atoms with Gasteiger partial charge in [0.2, 0.25) is 0 Å². The normalized spacial score (nSPS) is 9.82. The van der Waals surface area contributed by atoms with Crippen LogP contribution in [0.15, 0.2) is 6.20 Å². The number of aromatic amines is 1. The third-order valence-electron chi connectivity index (χ3n) is 1.47. The van der Waals surface area contributed by atoms with Gasteiger partial charge in [0.1, 0.15) is 6.29 Å². The zero-order valence-electron chi connectivity index (χ0n) is 6.29. The number of hydrogen-bond acceptors (Lipinski definition) is 3. The van der Waals surface area contributed by atoms with Crippen LogP contribution in [0.4, 0.5) is 0 Å². The average molecular weight is 153 g/mol. The summed E-state index contributed by atoms with van der Waals surface area (Å²) in [6.07, 6.45) is 6.16. The molecule has 1 aromatic heterocycles. The molecule has 0 saturated heterocycles. The van der Waals surface area contributed by atoms with Crippen molar-refractivity contribution in [2.24, 2.45) is 0 Å². The number of nitrogens with one attached hydrogen (secondary N) is 1. The van der Waals surface area contributed by atoms with E-state index in [1.54, 1.807) is 6.20 Å². The second-order valence-electron chi connectivity index (χ2n) is 2.37. The molecule has 1 N–H and O–H groups in total. The van der Waals surface area contributed by atoms with Gasteiger partial charge in [-0.3, -0.25) is 0 Å². The molecule has 0 aliphatic carbocycles. The quantitative estimate of drug-likeness (QED) is 0.500. The Bertz CT molecular complexity index is 195. The van der Waals surface area contributed by atoms with Crippen LogP contribution >= 0.6 is 0 Å². The Hall–Kier alpha value is -1.19. The Morgan fingerprint density at radius 3 is 3.09 bits per heavy atom. The number of carbonyl (C=O) groups excluding carboxylic acids is 1. The third kappa shape index (κ3) is 2.93. The Kier molecular flexibility index (Phi) is 3.31. The summed E-state index contributed by atoms with van der Waals surface area (Å²) in [4.78, 5) is 9.93. The predicted molar refractivity (Wildman–Crippen MR) is 40.0 cm³/mol. The van der Waals surface area contributed by atoms with Crippen LogP contribution in [0.25, 0.3) is 0 Å². The first-order chi connectivity index (χ1) is 5.43. The summed E-state index contributed by atoms with van der Waals surface area (Å²) in [5.74, 6) is 0. The number of aldehydes is 1. The highest BCUT2D eigenvalue weighted by Gasteiger charge is 1.94. The van der Waals surface area contributed by atoms with Crippen LogP contribution in [0.2, 0.25) is 0 Å². The number of H-pyrrole nitrogens is 1. The van der Waals surface area contributed by atoms with Gasteiger partial charge >= 0.3 is 0 Å². The lowest BCUT2D eigenvalue weighted by Crippen LogP contribution is -1.86. The molecule has 4 heteroatoms. The maximum atomic E-state index is 9.93. The van der Waals surface area contributed by atoms with Crippen LogP contribution < -0.4 is 0 Å². The highest BCUT2D eigenvalue weighted by Crippen LogP contribution is 2.00. The molecule has 0 amide bonds.